The third kappa shape index (κ3) is 1.22. The van der Waals surface area contributed by atoms with Crippen LogP contribution in [0.1, 0.15) is 13.8 Å². The lowest BCUT2D eigenvalue weighted by atomic mass is 10.00. The summed E-state index contributed by atoms with van der Waals surface area (Å²) in [6.45, 7) is 4.29. The predicted molar refractivity (Wildman–Crippen MR) is 36.4 cm³/mol. The molecule has 0 saturated carbocycles. The van der Waals surface area contributed by atoms with Crippen molar-refractivity contribution in [2.45, 2.75) is 13.8 Å². The summed E-state index contributed by atoms with van der Waals surface area (Å²) >= 11 is 0. The zero-order chi connectivity index (χ0) is 5.98. The molecule has 0 bridgehead atoms. The van der Waals surface area contributed by atoms with Gasteiger partial charge in [0, 0.05) is 0 Å². The molecule has 1 aliphatic carbocycles. The van der Waals surface area contributed by atoms with Gasteiger partial charge < -0.3 is 0 Å². The van der Waals surface area contributed by atoms with Gasteiger partial charge in [-0.2, -0.15) is 0 Å². The summed E-state index contributed by atoms with van der Waals surface area (Å²) in [6.07, 6.45) is 8.72. The highest BCUT2D eigenvalue weighted by Gasteiger charge is 1.98. The molecule has 1 aliphatic rings. The van der Waals surface area contributed by atoms with Crippen molar-refractivity contribution in [3.05, 3.63) is 30.2 Å². The molecule has 1 rings (SSSR count). The molecule has 0 fully saturated rings. The SMILES string of the molecule is CC1=C[CH]C(C)C=C1. The standard InChI is InChI=1S/C8H11/c1-7-3-5-8(2)6-4-7/h3-7H,1-2H3. The van der Waals surface area contributed by atoms with Gasteiger partial charge in [0.05, 0.1) is 0 Å². The molecule has 0 heterocycles. The second-order valence-electron chi connectivity index (χ2n) is 2.32. The normalized spacial score (nSPS) is 27.8. The molecular weight excluding hydrogens is 96.1 g/mol. The molecule has 8 heavy (non-hydrogen) atoms. The quantitative estimate of drug-likeness (QED) is 0.445. The van der Waals surface area contributed by atoms with E-state index in [4.69, 9.17) is 0 Å². The summed E-state index contributed by atoms with van der Waals surface area (Å²) in [5, 5.41) is 0. The highest BCUT2D eigenvalue weighted by molar-refractivity contribution is 5.26. The molecule has 43 valence electrons. The minimum Gasteiger partial charge on any atom is -0.0808 e. The molecule has 0 aromatic carbocycles. The van der Waals surface area contributed by atoms with Crippen LogP contribution in [0.4, 0.5) is 0 Å². The van der Waals surface area contributed by atoms with Crippen LogP contribution >= 0.6 is 0 Å². The fraction of sp³-hybridized carbons (Fsp3) is 0.375. The second-order valence-corrected chi connectivity index (χ2v) is 2.32. The number of hydrogen-bond donors (Lipinski definition) is 0. The number of rotatable bonds is 0. The molecule has 1 atom stereocenters. The predicted octanol–water partition coefficient (Wildman–Crippen LogP) is 2.34. The molecule has 0 aromatic rings. The fourth-order valence-corrected chi connectivity index (χ4v) is 0.727. The average molecular weight is 107 g/mol. The van der Waals surface area contributed by atoms with Gasteiger partial charge in [-0.25, -0.2) is 0 Å². The van der Waals surface area contributed by atoms with Crippen molar-refractivity contribution < 1.29 is 0 Å². The first-order chi connectivity index (χ1) is 3.79. The topological polar surface area (TPSA) is 0 Å². The molecule has 0 amide bonds. The molecule has 0 N–H and O–H groups in total. The minimum atomic E-state index is 0.638. The van der Waals surface area contributed by atoms with Crippen LogP contribution in [0.2, 0.25) is 0 Å². The van der Waals surface area contributed by atoms with Gasteiger partial charge >= 0.3 is 0 Å². The van der Waals surface area contributed by atoms with E-state index >= 15 is 0 Å². The smallest absolute Gasteiger partial charge is 0.00986 e. The lowest BCUT2D eigenvalue weighted by Gasteiger charge is -2.06. The Balaban J connectivity index is 2.58. The summed E-state index contributed by atoms with van der Waals surface area (Å²) in [6, 6.07) is 0. The van der Waals surface area contributed by atoms with Crippen molar-refractivity contribution in [2.24, 2.45) is 5.92 Å². The van der Waals surface area contributed by atoms with Gasteiger partial charge in [-0.3, -0.25) is 0 Å². The van der Waals surface area contributed by atoms with Gasteiger partial charge in [0.15, 0.2) is 0 Å². The van der Waals surface area contributed by atoms with E-state index in [0.717, 1.165) is 0 Å². The summed E-state index contributed by atoms with van der Waals surface area (Å²) < 4.78 is 0. The molecule has 0 nitrogen and oxygen atoms in total. The van der Waals surface area contributed by atoms with Crippen molar-refractivity contribution in [3.63, 3.8) is 0 Å². The number of allylic oxidation sites excluding steroid dienone is 4. The van der Waals surface area contributed by atoms with Crippen molar-refractivity contribution in [1.29, 1.82) is 0 Å². The van der Waals surface area contributed by atoms with Crippen LogP contribution in [0.3, 0.4) is 0 Å². The third-order valence-electron chi connectivity index (χ3n) is 1.33. The Kier molecular flexibility index (Phi) is 1.52. The molecule has 0 heteroatoms. The summed E-state index contributed by atoms with van der Waals surface area (Å²) in [4.78, 5) is 0. The average Bonchev–Trinajstić information content (AvgIpc) is 1.77. The highest BCUT2D eigenvalue weighted by atomic mass is 14.0. The largest absolute Gasteiger partial charge is 0.0808 e. The van der Waals surface area contributed by atoms with Crippen LogP contribution in [0, 0.1) is 12.3 Å². The molecule has 0 aliphatic heterocycles. The van der Waals surface area contributed by atoms with E-state index in [9.17, 15) is 0 Å². The van der Waals surface area contributed by atoms with E-state index in [2.05, 4.69) is 38.5 Å². The van der Waals surface area contributed by atoms with Crippen LogP contribution < -0.4 is 0 Å². The first kappa shape index (κ1) is 5.61. The fourth-order valence-electron chi connectivity index (χ4n) is 0.727. The molecule has 0 spiro atoms. The number of hydrogen-bond acceptors (Lipinski definition) is 0. The minimum absolute atomic E-state index is 0.638. The Morgan fingerprint density at radius 1 is 1.50 bits per heavy atom. The summed E-state index contributed by atoms with van der Waals surface area (Å²) in [5.74, 6) is 0.638. The monoisotopic (exact) mass is 107 g/mol. The van der Waals surface area contributed by atoms with E-state index in [1.54, 1.807) is 0 Å². The van der Waals surface area contributed by atoms with Crippen molar-refractivity contribution in [2.75, 3.05) is 0 Å². The summed E-state index contributed by atoms with van der Waals surface area (Å²) in [7, 11) is 0. The Bertz CT molecular complexity index is 129. The van der Waals surface area contributed by atoms with Gasteiger partial charge in [0.25, 0.3) is 0 Å². The van der Waals surface area contributed by atoms with Gasteiger partial charge in [-0.1, -0.05) is 30.7 Å². The maximum absolute atomic E-state index is 2.20. The second kappa shape index (κ2) is 2.17. The summed E-state index contributed by atoms with van der Waals surface area (Å²) in [5.41, 5.74) is 1.35. The van der Waals surface area contributed by atoms with Crippen LogP contribution in [-0.4, -0.2) is 0 Å². The van der Waals surface area contributed by atoms with E-state index in [1.165, 1.54) is 5.57 Å². The van der Waals surface area contributed by atoms with Crippen LogP contribution in [0.15, 0.2) is 23.8 Å². The van der Waals surface area contributed by atoms with Gasteiger partial charge in [0.1, 0.15) is 0 Å². The van der Waals surface area contributed by atoms with Gasteiger partial charge in [0.2, 0.25) is 0 Å². The molecule has 1 unspecified atom stereocenters. The first-order valence-corrected chi connectivity index (χ1v) is 2.99. The van der Waals surface area contributed by atoms with E-state index in [0.29, 0.717) is 5.92 Å². The van der Waals surface area contributed by atoms with Crippen molar-refractivity contribution >= 4 is 0 Å². The zero-order valence-corrected chi connectivity index (χ0v) is 5.39. The van der Waals surface area contributed by atoms with Crippen molar-refractivity contribution in [3.8, 4) is 0 Å². The molecular formula is C8H11. The lowest BCUT2D eigenvalue weighted by Crippen LogP contribution is -1.92. The maximum atomic E-state index is 2.20. The molecule has 1 radical (unpaired) electrons. The Morgan fingerprint density at radius 2 is 2.25 bits per heavy atom. The van der Waals surface area contributed by atoms with Crippen LogP contribution in [0.5, 0.6) is 0 Å². The lowest BCUT2D eigenvalue weighted by molar-refractivity contribution is 0.871. The van der Waals surface area contributed by atoms with Crippen molar-refractivity contribution in [1.82, 2.24) is 0 Å². The molecule has 0 aromatic heterocycles. The van der Waals surface area contributed by atoms with E-state index in [-0.39, 0.29) is 0 Å². The Hall–Kier alpha value is -0.520. The Labute approximate surface area is 50.9 Å². The van der Waals surface area contributed by atoms with E-state index < -0.39 is 0 Å². The van der Waals surface area contributed by atoms with E-state index in [1.807, 2.05) is 0 Å². The van der Waals surface area contributed by atoms with Gasteiger partial charge in [-0.15, -0.1) is 0 Å². The highest BCUT2D eigenvalue weighted by Crippen LogP contribution is 2.12. The Morgan fingerprint density at radius 3 is 2.62 bits per heavy atom. The van der Waals surface area contributed by atoms with Crippen LogP contribution in [0.25, 0.3) is 0 Å². The molecule has 0 saturated heterocycles. The third-order valence-corrected chi connectivity index (χ3v) is 1.33. The first-order valence-electron chi connectivity index (χ1n) is 2.99. The van der Waals surface area contributed by atoms with Gasteiger partial charge in [-0.05, 0) is 19.3 Å². The zero-order valence-electron chi connectivity index (χ0n) is 5.39. The van der Waals surface area contributed by atoms with Crippen LogP contribution in [-0.2, 0) is 0 Å². The maximum Gasteiger partial charge on any atom is -0.00986 e.